The first-order chi connectivity index (χ1) is 8.86. The summed E-state index contributed by atoms with van der Waals surface area (Å²) in [5.41, 5.74) is 5.46. The predicted molar refractivity (Wildman–Crippen MR) is 76.3 cm³/mol. The van der Waals surface area contributed by atoms with Crippen molar-refractivity contribution < 1.29 is 9.90 Å². The van der Waals surface area contributed by atoms with E-state index >= 15 is 0 Å². The number of nitrogens with two attached hydrogens (primary N) is 1. The number of nitrogens with zero attached hydrogens (tertiary/aromatic N) is 1. The summed E-state index contributed by atoms with van der Waals surface area (Å²) in [6, 6.07) is -0.0286. The van der Waals surface area contributed by atoms with Crippen LogP contribution < -0.4 is 16.4 Å². The van der Waals surface area contributed by atoms with E-state index in [1.807, 2.05) is 20.8 Å². The van der Waals surface area contributed by atoms with Gasteiger partial charge in [-0.05, 0) is 13.3 Å². The second kappa shape index (κ2) is 4.97. The van der Waals surface area contributed by atoms with Crippen LogP contribution in [0, 0.1) is 5.41 Å². The van der Waals surface area contributed by atoms with Gasteiger partial charge in [-0.3, -0.25) is 4.79 Å². The standard InChI is InChI=1S/C12H20N4O2S/c1-4-14-11-16-9(13)8(19-11)10(18)15-6-5-7(17)12(6,2)3/h6-7,17H,4-5,13H2,1-3H3,(H,14,16)(H,15,18). The fourth-order valence-electron chi connectivity index (χ4n) is 2.09. The molecule has 2 rings (SSSR count). The Labute approximate surface area is 116 Å². The lowest BCUT2D eigenvalue weighted by Crippen LogP contribution is -2.61. The maximum absolute atomic E-state index is 12.2. The first-order valence-corrected chi connectivity index (χ1v) is 7.17. The maximum Gasteiger partial charge on any atom is 0.265 e. The Morgan fingerprint density at radius 2 is 2.32 bits per heavy atom. The molecule has 1 aromatic heterocycles. The molecule has 106 valence electrons. The summed E-state index contributed by atoms with van der Waals surface area (Å²) in [6.45, 7) is 6.56. The van der Waals surface area contributed by atoms with Gasteiger partial charge in [-0.2, -0.15) is 0 Å². The molecule has 0 radical (unpaired) electrons. The minimum atomic E-state index is -0.367. The average molecular weight is 284 g/mol. The predicted octanol–water partition coefficient (Wildman–Crippen LogP) is 1.05. The van der Waals surface area contributed by atoms with Gasteiger partial charge in [-0.15, -0.1) is 0 Å². The molecular weight excluding hydrogens is 264 g/mol. The highest BCUT2D eigenvalue weighted by atomic mass is 32.1. The van der Waals surface area contributed by atoms with Gasteiger partial charge in [-0.25, -0.2) is 4.98 Å². The van der Waals surface area contributed by atoms with Crippen molar-refractivity contribution in [2.45, 2.75) is 39.3 Å². The van der Waals surface area contributed by atoms with E-state index in [9.17, 15) is 9.90 Å². The van der Waals surface area contributed by atoms with Crippen LogP contribution in [0.25, 0.3) is 0 Å². The molecule has 0 bridgehead atoms. The number of hydrogen-bond donors (Lipinski definition) is 4. The lowest BCUT2D eigenvalue weighted by molar-refractivity contribution is -0.0689. The molecule has 1 aliphatic rings. The number of hydrogen-bond acceptors (Lipinski definition) is 6. The molecule has 1 aromatic rings. The van der Waals surface area contributed by atoms with Crippen LogP contribution in [0.4, 0.5) is 10.9 Å². The SMILES string of the molecule is CCNc1nc(N)c(C(=O)NC2CC(O)C2(C)C)s1. The average Bonchev–Trinajstić information content (AvgIpc) is 2.70. The Hall–Kier alpha value is -1.34. The summed E-state index contributed by atoms with van der Waals surface area (Å²) in [5, 5.41) is 16.3. The normalized spacial score (nSPS) is 24.6. The molecule has 2 unspecified atom stereocenters. The molecule has 2 atom stereocenters. The van der Waals surface area contributed by atoms with Crippen LogP contribution in [0.3, 0.4) is 0 Å². The molecule has 6 nitrogen and oxygen atoms in total. The topological polar surface area (TPSA) is 100 Å². The van der Waals surface area contributed by atoms with Gasteiger partial charge in [-0.1, -0.05) is 25.2 Å². The van der Waals surface area contributed by atoms with Gasteiger partial charge >= 0.3 is 0 Å². The van der Waals surface area contributed by atoms with Gasteiger partial charge in [0.05, 0.1) is 6.10 Å². The van der Waals surface area contributed by atoms with Crippen molar-refractivity contribution in [1.82, 2.24) is 10.3 Å². The molecule has 0 spiro atoms. The van der Waals surface area contributed by atoms with Crippen molar-refractivity contribution in [2.24, 2.45) is 5.41 Å². The Kier molecular flexibility index (Phi) is 3.69. The highest BCUT2D eigenvalue weighted by molar-refractivity contribution is 7.18. The minimum absolute atomic E-state index is 0.0286. The summed E-state index contributed by atoms with van der Waals surface area (Å²) < 4.78 is 0. The largest absolute Gasteiger partial charge is 0.392 e. The van der Waals surface area contributed by atoms with Gasteiger partial charge in [0.15, 0.2) is 5.13 Å². The van der Waals surface area contributed by atoms with Crippen molar-refractivity contribution in [3.05, 3.63) is 4.88 Å². The molecule has 5 N–H and O–H groups in total. The van der Waals surface area contributed by atoms with Gasteiger partial charge in [0, 0.05) is 18.0 Å². The number of anilines is 2. The maximum atomic E-state index is 12.2. The summed E-state index contributed by atoms with van der Waals surface area (Å²) in [7, 11) is 0. The molecule has 0 aromatic carbocycles. The van der Waals surface area contributed by atoms with E-state index in [2.05, 4.69) is 15.6 Å². The van der Waals surface area contributed by atoms with Crippen LogP contribution >= 0.6 is 11.3 Å². The second-order valence-corrected chi connectivity index (χ2v) is 6.36. The van der Waals surface area contributed by atoms with Gasteiger partial charge in [0.25, 0.3) is 5.91 Å². The molecule has 0 aliphatic heterocycles. The zero-order valence-electron chi connectivity index (χ0n) is 11.4. The van der Waals surface area contributed by atoms with E-state index in [0.717, 1.165) is 6.54 Å². The zero-order chi connectivity index (χ0) is 14.2. The molecule has 1 fully saturated rings. The summed E-state index contributed by atoms with van der Waals surface area (Å²) in [4.78, 5) is 16.7. The smallest absolute Gasteiger partial charge is 0.265 e. The molecule has 1 heterocycles. The fraction of sp³-hybridized carbons (Fsp3) is 0.667. The number of carbonyl (C=O) groups excluding carboxylic acids is 1. The quantitative estimate of drug-likeness (QED) is 0.662. The van der Waals surface area contributed by atoms with Crippen molar-refractivity contribution in [3.63, 3.8) is 0 Å². The van der Waals surface area contributed by atoms with E-state index < -0.39 is 0 Å². The highest BCUT2D eigenvalue weighted by Gasteiger charge is 2.48. The third kappa shape index (κ3) is 2.52. The van der Waals surface area contributed by atoms with Crippen molar-refractivity contribution in [1.29, 1.82) is 0 Å². The van der Waals surface area contributed by atoms with Crippen LogP contribution in [0.2, 0.25) is 0 Å². The summed E-state index contributed by atoms with van der Waals surface area (Å²) >= 11 is 1.25. The van der Waals surface area contributed by atoms with Crippen molar-refractivity contribution in [2.75, 3.05) is 17.6 Å². The Morgan fingerprint density at radius 1 is 1.63 bits per heavy atom. The molecule has 1 saturated carbocycles. The van der Waals surface area contributed by atoms with Crippen molar-refractivity contribution >= 4 is 28.2 Å². The first-order valence-electron chi connectivity index (χ1n) is 6.35. The van der Waals surface area contributed by atoms with Crippen LogP contribution in [0.15, 0.2) is 0 Å². The minimum Gasteiger partial charge on any atom is -0.392 e. The van der Waals surface area contributed by atoms with Crippen LogP contribution in [-0.2, 0) is 0 Å². The van der Waals surface area contributed by atoms with E-state index in [0.29, 0.717) is 16.4 Å². The molecular formula is C12H20N4O2S. The monoisotopic (exact) mass is 284 g/mol. The van der Waals surface area contributed by atoms with Crippen LogP contribution in [-0.4, -0.2) is 34.7 Å². The summed E-state index contributed by atoms with van der Waals surface area (Å²) in [5.74, 6) is 0.0280. The van der Waals surface area contributed by atoms with E-state index in [1.165, 1.54) is 11.3 Å². The number of aliphatic hydroxyl groups is 1. The Bertz CT molecular complexity index is 486. The number of amides is 1. The fourth-order valence-corrected chi connectivity index (χ4v) is 2.95. The number of aliphatic hydroxyl groups excluding tert-OH is 1. The molecule has 1 aliphatic carbocycles. The third-order valence-corrected chi connectivity index (χ3v) is 4.74. The lowest BCUT2D eigenvalue weighted by atomic mass is 9.64. The number of rotatable bonds is 4. The number of nitrogen functional groups attached to an aromatic ring is 1. The Morgan fingerprint density at radius 3 is 2.84 bits per heavy atom. The van der Waals surface area contributed by atoms with Gasteiger partial charge in [0.2, 0.25) is 0 Å². The highest BCUT2D eigenvalue weighted by Crippen LogP contribution is 2.40. The number of nitrogens with one attached hydrogen (secondary N) is 2. The van der Waals surface area contributed by atoms with E-state index in [4.69, 9.17) is 5.73 Å². The van der Waals surface area contributed by atoms with Crippen LogP contribution in [0.5, 0.6) is 0 Å². The molecule has 7 heteroatoms. The zero-order valence-corrected chi connectivity index (χ0v) is 12.2. The van der Waals surface area contributed by atoms with Crippen LogP contribution in [0.1, 0.15) is 36.9 Å². The number of thiazole rings is 1. The van der Waals surface area contributed by atoms with Gasteiger partial charge in [0.1, 0.15) is 10.7 Å². The second-order valence-electron chi connectivity index (χ2n) is 5.36. The summed E-state index contributed by atoms with van der Waals surface area (Å²) in [6.07, 6.45) is 0.214. The van der Waals surface area contributed by atoms with E-state index in [-0.39, 0.29) is 29.3 Å². The Balaban J connectivity index is 2.04. The number of aromatic nitrogens is 1. The number of carbonyl (C=O) groups is 1. The lowest BCUT2D eigenvalue weighted by Gasteiger charge is -2.49. The van der Waals surface area contributed by atoms with Gasteiger partial charge < -0.3 is 21.5 Å². The third-order valence-electron chi connectivity index (χ3n) is 3.71. The molecule has 0 saturated heterocycles. The first kappa shape index (κ1) is 14.1. The molecule has 19 heavy (non-hydrogen) atoms. The van der Waals surface area contributed by atoms with Crippen molar-refractivity contribution in [3.8, 4) is 0 Å². The van der Waals surface area contributed by atoms with E-state index in [1.54, 1.807) is 0 Å². The molecule has 1 amide bonds.